The van der Waals surface area contributed by atoms with Crippen molar-refractivity contribution in [2.75, 3.05) is 39.6 Å². The Bertz CT molecular complexity index is 658. The van der Waals surface area contributed by atoms with Gasteiger partial charge in [-0.2, -0.15) is 0 Å². The molecule has 27 heavy (non-hydrogen) atoms. The molecule has 2 aliphatic heterocycles. The first-order valence-corrected chi connectivity index (χ1v) is 9.79. The number of hydrogen-bond acceptors (Lipinski definition) is 4. The predicted octanol–water partition coefficient (Wildman–Crippen LogP) is 3.05. The molecule has 0 amide bonds. The van der Waals surface area contributed by atoms with E-state index in [1.807, 2.05) is 6.07 Å². The van der Waals surface area contributed by atoms with Gasteiger partial charge < -0.3 is 24.8 Å². The highest BCUT2D eigenvalue weighted by molar-refractivity contribution is 14.0. The first-order valence-electron chi connectivity index (χ1n) is 9.79. The summed E-state index contributed by atoms with van der Waals surface area (Å²) >= 11 is 0. The van der Waals surface area contributed by atoms with Crippen LogP contribution in [0.25, 0.3) is 0 Å². The number of aliphatic imine (C=N–C) groups is 1. The Kier molecular flexibility index (Phi) is 7.08. The maximum absolute atomic E-state index is 5.64. The van der Waals surface area contributed by atoms with E-state index < -0.39 is 0 Å². The molecule has 1 aromatic rings. The van der Waals surface area contributed by atoms with E-state index in [1.54, 1.807) is 0 Å². The standard InChI is InChI=1S/C20H29N3O3.HI/c1-2-21-19(22-12-15-3-4-15)23-13-20(7-9-24-10-8-20)16-5-6-17-18(11-16)26-14-25-17;/h5-6,11,15H,2-4,7-10,12-14H2,1H3,(H2,21,22,23);1H. The van der Waals surface area contributed by atoms with E-state index in [0.29, 0.717) is 6.79 Å². The van der Waals surface area contributed by atoms with Gasteiger partial charge in [-0.05, 0) is 56.2 Å². The Labute approximate surface area is 178 Å². The molecule has 1 saturated carbocycles. The van der Waals surface area contributed by atoms with Crippen LogP contribution in [-0.4, -0.2) is 45.6 Å². The molecule has 1 aliphatic carbocycles. The van der Waals surface area contributed by atoms with Crippen molar-refractivity contribution in [3.63, 3.8) is 0 Å². The molecule has 2 fully saturated rings. The highest BCUT2D eigenvalue weighted by atomic mass is 127. The minimum absolute atomic E-state index is 0. The molecule has 0 radical (unpaired) electrons. The molecule has 2 heterocycles. The van der Waals surface area contributed by atoms with E-state index in [2.05, 4.69) is 29.7 Å². The average Bonchev–Trinajstić information content (AvgIpc) is 3.39. The quantitative estimate of drug-likeness (QED) is 0.367. The molecule has 0 bridgehead atoms. The molecule has 3 aliphatic rings. The highest BCUT2D eigenvalue weighted by Crippen LogP contribution is 2.41. The Morgan fingerprint density at radius 3 is 2.67 bits per heavy atom. The first kappa shape index (κ1) is 20.5. The van der Waals surface area contributed by atoms with Gasteiger partial charge in [0.05, 0.1) is 6.54 Å². The van der Waals surface area contributed by atoms with Gasteiger partial charge in [-0.1, -0.05) is 6.07 Å². The Morgan fingerprint density at radius 2 is 1.93 bits per heavy atom. The summed E-state index contributed by atoms with van der Waals surface area (Å²) in [7, 11) is 0. The first-order chi connectivity index (χ1) is 12.8. The normalized spacial score (nSPS) is 20.7. The Hall–Kier alpha value is -1.22. The van der Waals surface area contributed by atoms with Crippen molar-refractivity contribution >= 4 is 29.9 Å². The molecule has 1 saturated heterocycles. The molecule has 0 aromatic heterocycles. The number of nitrogens with one attached hydrogen (secondary N) is 2. The summed E-state index contributed by atoms with van der Waals surface area (Å²) in [5.74, 6) is 3.42. The molecule has 7 heteroatoms. The predicted molar refractivity (Wildman–Crippen MR) is 116 cm³/mol. The van der Waals surface area contributed by atoms with Crippen LogP contribution in [-0.2, 0) is 10.2 Å². The van der Waals surface area contributed by atoms with Gasteiger partial charge in [0.25, 0.3) is 0 Å². The number of hydrogen-bond donors (Lipinski definition) is 2. The second kappa shape index (κ2) is 9.32. The maximum atomic E-state index is 5.64. The zero-order valence-corrected chi connectivity index (χ0v) is 18.3. The fourth-order valence-corrected chi connectivity index (χ4v) is 3.66. The smallest absolute Gasteiger partial charge is 0.231 e. The summed E-state index contributed by atoms with van der Waals surface area (Å²) < 4.78 is 16.7. The van der Waals surface area contributed by atoms with Gasteiger partial charge in [0, 0.05) is 31.7 Å². The number of guanidine groups is 1. The largest absolute Gasteiger partial charge is 0.454 e. The van der Waals surface area contributed by atoms with Crippen molar-refractivity contribution in [1.29, 1.82) is 0 Å². The lowest BCUT2D eigenvalue weighted by Crippen LogP contribution is -2.41. The lowest BCUT2D eigenvalue weighted by molar-refractivity contribution is 0.0530. The molecule has 150 valence electrons. The summed E-state index contributed by atoms with van der Waals surface area (Å²) in [5, 5.41) is 6.87. The molecule has 0 unspecified atom stereocenters. The monoisotopic (exact) mass is 487 g/mol. The third-order valence-electron chi connectivity index (χ3n) is 5.57. The van der Waals surface area contributed by atoms with E-state index in [0.717, 1.165) is 69.1 Å². The Balaban J connectivity index is 0.00000210. The molecule has 1 aromatic carbocycles. The summed E-state index contributed by atoms with van der Waals surface area (Å²) in [4.78, 5) is 4.95. The summed E-state index contributed by atoms with van der Waals surface area (Å²) in [6.45, 7) is 6.60. The average molecular weight is 487 g/mol. The third kappa shape index (κ3) is 4.99. The second-order valence-corrected chi connectivity index (χ2v) is 7.48. The van der Waals surface area contributed by atoms with Crippen molar-refractivity contribution in [1.82, 2.24) is 10.6 Å². The topological polar surface area (TPSA) is 64.1 Å². The van der Waals surface area contributed by atoms with E-state index >= 15 is 0 Å². The number of fused-ring (bicyclic) bond motifs is 1. The third-order valence-corrected chi connectivity index (χ3v) is 5.57. The molecule has 4 rings (SSSR count). The lowest BCUT2D eigenvalue weighted by atomic mass is 9.74. The van der Waals surface area contributed by atoms with Gasteiger partial charge in [0.15, 0.2) is 17.5 Å². The molecule has 0 spiro atoms. The summed E-state index contributed by atoms with van der Waals surface area (Å²) in [5.41, 5.74) is 1.26. The second-order valence-electron chi connectivity index (χ2n) is 7.48. The minimum Gasteiger partial charge on any atom is -0.454 e. The van der Waals surface area contributed by atoms with Gasteiger partial charge in [0.2, 0.25) is 6.79 Å². The molecular weight excluding hydrogens is 457 g/mol. The van der Waals surface area contributed by atoms with E-state index in [-0.39, 0.29) is 29.4 Å². The van der Waals surface area contributed by atoms with Crippen LogP contribution in [0.1, 0.15) is 38.2 Å². The van der Waals surface area contributed by atoms with Gasteiger partial charge in [0.1, 0.15) is 0 Å². The van der Waals surface area contributed by atoms with Crippen molar-refractivity contribution in [3.05, 3.63) is 23.8 Å². The fourth-order valence-electron chi connectivity index (χ4n) is 3.66. The summed E-state index contributed by atoms with van der Waals surface area (Å²) in [6, 6.07) is 6.32. The maximum Gasteiger partial charge on any atom is 0.231 e. The van der Waals surface area contributed by atoms with Crippen molar-refractivity contribution < 1.29 is 14.2 Å². The van der Waals surface area contributed by atoms with E-state index in [1.165, 1.54) is 18.4 Å². The number of ether oxygens (including phenoxy) is 3. The van der Waals surface area contributed by atoms with Gasteiger partial charge in [-0.3, -0.25) is 4.99 Å². The number of rotatable bonds is 6. The number of nitrogens with zero attached hydrogens (tertiary/aromatic N) is 1. The van der Waals surface area contributed by atoms with Crippen LogP contribution in [0.3, 0.4) is 0 Å². The fraction of sp³-hybridized carbons (Fsp3) is 0.650. The molecule has 0 atom stereocenters. The van der Waals surface area contributed by atoms with Gasteiger partial charge in [-0.15, -0.1) is 24.0 Å². The van der Waals surface area contributed by atoms with Crippen LogP contribution < -0.4 is 20.1 Å². The Morgan fingerprint density at radius 1 is 1.15 bits per heavy atom. The number of halogens is 1. The van der Waals surface area contributed by atoms with Crippen LogP contribution >= 0.6 is 24.0 Å². The van der Waals surface area contributed by atoms with Crippen molar-refractivity contribution in [2.45, 2.75) is 38.0 Å². The van der Waals surface area contributed by atoms with E-state index in [9.17, 15) is 0 Å². The molecule has 2 N–H and O–H groups in total. The zero-order valence-electron chi connectivity index (χ0n) is 16.0. The summed E-state index contributed by atoms with van der Waals surface area (Å²) in [6.07, 6.45) is 4.62. The van der Waals surface area contributed by atoms with Crippen LogP contribution in [0.4, 0.5) is 0 Å². The molecular formula is C20H30IN3O3. The van der Waals surface area contributed by atoms with Crippen LogP contribution in [0.5, 0.6) is 11.5 Å². The highest BCUT2D eigenvalue weighted by Gasteiger charge is 2.35. The SMILES string of the molecule is CCNC(=NCC1(c2ccc3c(c2)OCO3)CCOCC1)NCC1CC1.I. The number of benzene rings is 1. The van der Waals surface area contributed by atoms with Gasteiger partial charge in [-0.25, -0.2) is 0 Å². The zero-order chi connectivity index (χ0) is 17.8. The van der Waals surface area contributed by atoms with Crippen molar-refractivity contribution in [2.24, 2.45) is 10.9 Å². The van der Waals surface area contributed by atoms with Crippen molar-refractivity contribution in [3.8, 4) is 11.5 Å². The van der Waals surface area contributed by atoms with E-state index in [4.69, 9.17) is 19.2 Å². The van der Waals surface area contributed by atoms with Crippen LogP contribution in [0, 0.1) is 5.92 Å². The minimum atomic E-state index is -0.0127. The van der Waals surface area contributed by atoms with Crippen LogP contribution in [0.15, 0.2) is 23.2 Å². The lowest BCUT2D eigenvalue weighted by Gasteiger charge is -2.36. The molecule has 6 nitrogen and oxygen atoms in total. The van der Waals surface area contributed by atoms with Gasteiger partial charge >= 0.3 is 0 Å². The van der Waals surface area contributed by atoms with Crippen LogP contribution in [0.2, 0.25) is 0 Å².